The number of hydrogen-bond donors (Lipinski definition) is 0. The first-order valence-corrected chi connectivity index (χ1v) is 8.17. The fraction of sp³-hybridized carbons (Fsp3) is 0.438. The smallest absolute Gasteiger partial charge is 0.0568 e. The summed E-state index contributed by atoms with van der Waals surface area (Å²) >= 11 is 2.36. The van der Waals surface area contributed by atoms with Crippen molar-refractivity contribution in [1.82, 2.24) is 9.78 Å². The Morgan fingerprint density at radius 1 is 1.16 bits per heavy atom. The minimum atomic E-state index is 0.831. The van der Waals surface area contributed by atoms with Crippen LogP contribution in [0.2, 0.25) is 0 Å². The molecule has 1 aliphatic rings. The Hall–Kier alpha value is -0.840. The van der Waals surface area contributed by atoms with Gasteiger partial charge in [-0.05, 0) is 59.0 Å². The molecule has 100 valence electrons. The zero-order valence-electron chi connectivity index (χ0n) is 11.1. The fourth-order valence-electron chi connectivity index (χ4n) is 2.91. The molecule has 0 saturated heterocycles. The maximum atomic E-state index is 4.53. The second kappa shape index (κ2) is 6.07. The fourth-order valence-corrected chi connectivity index (χ4v) is 3.46. The average Bonchev–Trinajstić information content (AvgIpc) is 2.88. The van der Waals surface area contributed by atoms with Crippen molar-refractivity contribution in [1.29, 1.82) is 0 Å². The molecule has 1 aromatic heterocycles. The molecular formula is C16H19IN2. The van der Waals surface area contributed by atoms with Crippen LogP contribution < -0.4 is 0 Å². The van der Waals surface area contributed by atoms with Gasteiger partial charge in [0, 0.05) is 21.9 Å². The predicted molar refractivity (Wildman–Crippen MR) is 87.0 cm³/mol. The molecule has 3 rings (SSSR count). The van der Waals surface area contributed by atoms with Crippen LogP contribution in [0.1, 0.15) is 32.1 Å². The highest BCUT2D eigenvalue weighted by atomic mass is 127. The van der Waals surface area contributed by atoms with Crippen molar-refractivity contribution < 1.29 is 0 Å². The van der Waals surface area contributed by atoms with Gasteiger partial charge in [0.05, 0.1) is 6.20 Å². The Bertz CT molecular complexity index is 541. The van der Waals surface area contributed by atoms with Gasteiger partial charge in [0.1, 0.15) is 0 Å². The van der Waals surface area contributed by atoms with Crippen LogP contribution in [0, 0.1) is 9.49 Å². The zero-order chi connectivity index (χ0) is 13.1. The van der Waals surface area contributed by atoms with E-state index < -0.39 is 0 Å². The van der Waals surface area contributed by atoms with Gasteiger partial charge in [0.15, 0.2) is 0 Å². The maximum absolute atomic E-state index is 4.53. The Kier molecular flexibility index (Phi) is 4.21. The van der Waals surface area contributed by atoms with Crippen LogP contribution in [0.15, 0.2) is 36.7 Å². The predicted octanol–water partition coefficient (Wildman–Crippen LogP) is 4.74. The summed E-state index contributed by atoms with van der Waals surface area (Å²) < 4.78 is 3.40. The van der Waals surface area contributed by atoms with Crippen LogP contribution in [0.4, 0.5) is 0 Å². The molecule has 0 amide bonds. The number of hydrogen-bond acceptors (Lipinski definition) is 1. The van der Waals surface area contributed by atoms with Crippen molar-refractivity contribution in [3.8, 4) is 11.1 Å². The van der Waals surface area contributed by atoms with E-state index in [0.717, 1.165) is 12.5 Å². The Labute approximate surface area is 128 Å². The third-order valence-corrected chi connectivity index (χ3v) is 4.63. The molecule has 0 atom stereocenters. The first kappa shape index (κ1) is 13.2. The molecule has 1 saturated carbocycles. The highest BCUT2D eigenvalue weighted by Gasteiger charge is 2.14. The highest BCUT2D eigenvalue weighted by molar-refractivity contribution is 14.1. The number of nitrogens with zero attached hydrogens (tertiary/aromatic N) is 2. The molecule has 1 aliphatic carbocycles. The van der Waals surface area contributed by atoms with E-state index >= 15 is 0 Å². The highest BCUT2D eigenvalue weighted by Crippen LogP contribution is 2.26. The van der Waals surface area contributed by atoms with Crippen molar-refractivity contribution in [3.05, 3.63) is 40.2 Å². The molecule has 0 N–H and O–H groups in total. The molecule has 1 aromatic carbocycles. The lowest BCUT2D eigenvalue weighted by molar-refractivity contribution is 0.308. The van der Waals surface area contributed by atoms with E-state index in [1.807, 2.05) is 6.20 Å². The van der Waals surface area contributed by atoms with Crippen molar-refractivity contribution in [2.24, 2.45) is 5.92 Å². The van der Waals surface area contributed by atoms with Crippen LogP contribution >= 0.6 is 22.6 Å². The van der Waals surface area contributed by atoms with Gasteiger partial charge in [-0.15, -0.1) is 0 Å². The summed E-state index contributed by atoms with van der Waals surface area (Å²) in [7, 11) is 0. The standard InChI is InChI=1S/C16H19IN2/c17-16-8-4-7-14(9-16)15-10-18-19(12-15)11-13-5-2-1-3-6-13/h4,7-10,12-13H,1-3,5-6,11H2. The zero-order valence-corrected chi connectivity index (χ0v) is 13.2. The maximum Gasteiger partial charge on any atom is 0.0568 e. The van der Waals surface area contributed by atoms with E-state index in [4.69, 9.17) is 0 Å². The third kappa shape index (κ3) is 3.38. The van der Waals surface area contributed by atoms with E-state index in [9.17, 15) is 0 Å². The van der Waals surface area contributed by atoms with Crippen molar-refractivity contribution in [2.75, 3.05) is 0 Å². The van der Waals surface area contributed by atoms with Gasteiger partial charge >= 0.3 is 0 Å². The van der Waals surface area contributed by atoms with Gasteiger partial charge in [-0.2, -0.15) is 5.10 Å². The van der Waals surface area contributed by atoms with E-state index in [2.05, 4.69) is 62.8 Å². The minimum absolute atomic E-state index is 0.831. The Morgan fingerprint density at radius 3 is 2.79 bits per heavy atom. The van der Waals surface area contributed by atoms with E-state index in [1.54, 1.807) is 0 Å². The molecule has 0 radical (unpaired) electrons. The molecule has 1 fully saturated rings. The largest absolute Gasteiger partial charge is 0.272 e. The number of aromatic nitrogens is 2. The van der Waals surface area contributed by atoms with Gasteiger partial charge < -0.3 is 0 Å². The number of benzene rings is 1. The normalized spacial score (nSPS) is 16.7. The summed E-state index contributed by atoms with van der Waals surface area (Å²) in [5, 5.41) is 4.53. The van der Waals surface area contributed by atoms with Crippen LogP contribution in [0.25, 0.3) is 11.1 Å². The minimum Gasteiger partial charge on any atom is -0.272 e. The van der Waals surface area contributed by atoms with Crippen molar-refractivity contribution >= 4 is 22.6 Å². The molecular weight excluding hydrogens is 347 g/mol. The summed E-state index contributed by atoms with van der Waals surface area (Å²) in [5.41, 5.74) is 2.50. The molecule has 0 aliphatic heterocycles. The molecule has 1 heterocycles. The second-order valence-electron chi connectivity index (χ2n) is 5.47. The monoisotopic (exact) mass is 366 g/mol. The van der Waals surface area contributed by atoms with Gasteiger partial charge in [-0.1, -0.05) is 31.4 Å². The molecule has 2 nitrogen and oxygen atoms in total. The topological polar surface area (TPSA) is 17.8 Å². The van der Waals surface area contributed by atoms with Crippen LogP contribution in [-0.2, 0) is 6.54 Å². The quantitative estimate of drug-likeness (QED) is 0.718. The van der Waals surface area contributed by atoms with E-state index in [1.165, 1.54) is 46.8 Å². The summed E-state index contributed by atoms with van der Waals surface area (Å²) in [5.74, 6) is 0.831. The van der Waals surface area contributed by atoms with Crippen LogP contribution in [0.5, 0.6) is 0 Å². The molecule has 0 spiro atoms. The Balaban J connectivity index is 1.72. The van der Waals surface area contributed by atoms with Crippen molar-refractivity contribution in [3.63, 3.8) is 0 Å². The van der Waals surface area contributed by atoms with Crippen LogP contribution in [-0.4, -0.2) is 9.78 Å². The summed E-state index contributed by atoms with van der Waals surface area (Å²) in [4.78, 5) is 0. The molecule has 3 heteroatoms. The SMILES string of the molecule is Ic1cccc(-c2cnn(CC3CCCCC3)c2)c1. The molecule has 2 aromatic rings. The Morgan fingerprint density at radius 2 is 2.00 bits per heavy atom. The second-order valence-corrected chi connectivity index (χ2v) is 6.71. The first-order valence-electron chi connectivity index (χ1n) is 7.10. The molecule has 0 unspecified atom stereocenters. The summed E-state index contributed by atoms with van der Waals surface area (Å²) in [6.45, 7) is 1.09. The van der Waals surface area contributed by atoms with Crippen molar-refractivity contribution in [2.45, 2.75) is 38.6 Å². The number of rotatable bonds is 3. The lowest BCUT2D eigenvalue weighted by Gasteiger charge is -2.21. The van der Waals surface area contributed by atoms with Crippen LogP contribution in [0.3, 0.4) is 0 Å². The summed E-state index contributed by atoms with van der Waals surface area (Å²) in [6.07, 6.45) is 11.2. The average molecular weight is 366 g/mol. The van der Waals surface area contributed by atoms with Gasteiger partial charge in [0.2, 0.25) is 0 Å². The molecule has 19 heavy (non-hydrogen) atoms. The van der Waals surface area contributed by atoms with E-state index in [0.29, 0.717) is 0 Å². The number of halogens is 1. The van der Waals surface area contributed by atoms with Gasteiger partial charge in [-0.25, -0.2) is 0 Å². The van der Waals surface area contributed by atoms with E-state index in [-0.39, 0.29) is 0 Å². The van der Waals surface area contributed by atoms with Gasteiger partial charge in [0.25, 0.3) is 0 Å². The lowest BCUT2D eigenvalue weighted by atomic mass is 9.89. The molecule has 0 bridgehead atoms. The lowest BCUT2D eigenvalue weighted by Crippen LogP contribution is -2.14. The van der Waals surface area contributed by atoms with Gasteiger partial charge in [-0.3, -0.25) is 4.68 Å². The first-order chi connectivity index (χ1) is 9.31. The third-order valence-electron chi connectivity index (χ3n) is 3.96. The summed E-state index contributed by atoms with van der Waals surface area (Å²) in [6, 6.07) is 8.60.